The molecule has 2 aliphatic carbocycles. The van der Waals surface area contributed by atoms with E-state index >= 15 is 0 Å². The third-order valence-electron chi connectivity index (χ3n) is 13.8. The molecule has 2 bridgehead atoms. The molecule has 3 aliphatic rings. The minimum absolute atomic E-state index is 0.411. The fourth-order valence-corrected chi connectivity index (χ4v) is 12.1. The number of rotatable bonds is 2. The fourth-order valence-electron chi connectivity index (χ4n) is 11.0. The minimum atomic E-state index is 0.411. The van der Waals surface area contributed by atoms with Crippen molar-refractivity contribution in [1.29, 1.82) is 0 Å². The van der Waals surface area contributed by atoms with Crippen LogP contribution in [-0.4, -0.2) is 4.57 Å². The van der Waals surface area contributed by atoms with Crippen LogP contribution in [-0.2, 0) is 12.8 Å². The Labute approximate surface area is 348 Å². The summed E-state index contributed by atoms with van der Waals surface area (Å²) in [6.45, 7) is 0. The third-order valence-corrected chi connectivity index (χ3v) is 14.9. The lowest BCUT2D eigenvalue weighted by Crippen LogP contribution is -2.06. The van der Waals surface area contributed by atoms with Gasteiger partial charge in [-0.15, -0.1) is 11.3 Å². The number of allylic oxidation sites excluding steroid dienone is 4. The van der Waals surface area contributed by atoms with Gasteiger partial charge in [0.15, 0.2) is 0 Å². The van der Waals surface area contributed by atoms with Crippen molar-refractivity contribution in [2.24, 2.45) is 0 Å². The monoisotopic (exact) mass is 771 g/mol. The smallest absolute Gasteiger partial charge is 0.0547 e. The maximum Gasteiger partial charge on any atom is 0.0547 e. The highest BCUT2D eigenvalue weighted by Crippen LogP contribution is 2.51. The molecule has 8 aromatic carbocycles. The Morgan fingerprint density at radius 1 is 0.525 bits per heavy atom. The van der Waals surface area contributed by atoms with Gasteiger partial charge in [0.05, 0.1) is 16.7 Å². The first kappa shape index (κ1) is 33.5. The number of thiophene rings is 1. The molecular weight excluding hydrogens is 731 g/mol. The van der Waals surface area contributed by atoms with Crippen LogP contribution < -0.4 is 0 Å². The molecule has 59 heavy (non-hydrogen) atoms. The maximum absolute atomic E-state index is 2.69. The second kappa shape index (κ2) is 13.0. The molecule has 0 saturated heterocycles. The van der Waals surface area contributed by atoms with E-state index in [1.54, 1.807) is 0 Å². The van der Waals surface area contributed by atoms with Crippen molar-refractivity contribution in [1.82, 2.24) is 4.57 Å². The van der Waals surface area contributed by atoms with Gasteiger partial charge < -0.3 is 4.57 Å². The van der Waals surface area contributed by atoms with E-state index in [2.05, 4.69) is 174 Å². The summed E-state index contributed by atoms with van der Waals surface area (Å²) in [6, 6.07) is 62.8. The van der Waals surface area contributed by atoms with Crippen LogP contribution in [0.2, 0.25) is 0 Å². The SMILES string of the molecule is C1=C2/C(=C(/c3ccccc3)CCCC(c3ccc4sc5ccccc5c4c3)C1)Cc1ccc3c4cc5ccccc5cc4n(c3c1)-c1ccc3c(c12)-c1ccccc1C3. The molecule has 3 heterocycles. The Morgan fingerprint density at radius 3 is 2.25 bits per heavy atom. The minimum Gasteiger partial charge on any atom is -0.309 e. The molecular formula is C57H41NS. The van der Waals surface area contributed by atoms with E-state index < -0.39 is 0 Å². The number of aromatic nitrogens is 1. The Bertz CT molecular complexity index is 3440. The van der Waals surface area contributed by atoms with Crippen molar-refractivity contribution >= 4 is 75.2 Å². The first-order valence-corrected chi connectivity index (χ1v) is 22.1. The summed E-state index contributed by atoms with van der Waals surface area (Å²) >= 11 is 1.92. The van der Waals surface area contributed by atoms with Gasteiger partial charge in [-0.25, -0.2) is 0 Å². The summed E-state index contributed by atoms with van der Waals surface area (Å²) in [6.07, 6.45) is 8.86. The molecule has 1 unspecified atom stereocenters. The molecule has 0 saturated carbocycles. The summed E-state index contributed by atoms with van der Waals surface area (Å²) in [5, 5.41) is 7.98. The molecule has 1 atom stereocenters. The fraction of sp³-hybridized carbons (Fsp3) is 0.123. The van der Waals surface area contributed by atoms with Crippen LogP contribution in [0.1, 0.15) is 65.0 Å². The Hall–Kier alpha value is -6.48. The normalized spacial score (nSPS) is 17.5. The predicted octanol–water partition coefficient (Wildman–Crippen LogP) is 15.6. The van der Waals surface area contributed by atoms with Crippen molar-refractivity contribution in [2.45, 2.75) is 44.4 Å². The van der Waals surface area contributed by atoms with Gasteiger partial charge in [0, 0.05) is 36.5 Å². The van der Waals surface area contributed by atoms with Crippen LogP contribution in [0, 0.1) is 0 Å². The molecule has 0 fully saturated rings. The maximum atomic E-state index is 2.69. The average molecular weight is 772 g/mol. The predicted molar refractivity (Wildman–Crippen MR) is 252 cm³/mol. The van der Waals surface area contributed by atoms with Gasteiger partial charge in [-0.05, 0) is 153 Å². The van der Waals surface area contributed by atoms with Crippen LogP contribution in [0.5, 0.6) is 0 Å². The van der Waals surface area contributed by atoms with Crippen molar-refractivity contribution in [3.05, 3.63) is 209 Å². The van der Waals surface area contributed by atoms with Crippen LogP contribution in [0.4, 0.5) is 0 Å². The molecule has 10 aromatic rings. The summed E-state index contributed by atoms with van der Waals surface area (Å²) in [5.74, 6) is 0.411. The summed E-state index contributed by atoms with van der Waals surface area (Å²) in [5.41, 5.74) is 19.5. The van der Waals surface area contributed by atoms with Gasteiger partial charge >= 0.3 is 0 Å². The second-order valence-corrected chi connectivity index (χ2v) is 18.1. The van der Waals surface area contributed by atoms with E-state index in [1.165, 1.54) is 120 Å². The Morgan fingerprint density at radius 2 is 1.32 bits per heavy atom. The van der Waals surface area contributed by atoms with Gasteiger partial charge in [-0.1, -0.05) is 127 Å². The molecule has 0 spiro atoms. The van der Waals surface area contributed by atoms with Crippen molar-refractivity contribution < 1.29 is 0 Å². The lowest BCUT2D eigenvalue weighted by molar-refractivity contribution is 0.607. The lowest BCUT2D eigenvalue weighted by atomic mass is 9.81. The third kappa shape index (κ3) is 5.16. The molecule has 13 rings (SSSR count). The van der Waals surface area contributed by atoms with Gasteiger partial charge in [0.1, 0.15) is 0 Å². The first-order chi connectivity index (χ1) is 29.2. The van der Waals surface area contributed by atoms with E-state index in [9.17, 15) is 0 Å². The average Bonchev–Trinajstić information content (AvgIpc) is 3.96. The highest BCUT2D eigenvalue weighted by atomic mass is 32.1. The van der Waals surface area contributed by atoms with Gasteiger partial charge in [0.25, 0.3) is 0 Å². The number of hydrogen-bond acceptors (Lipinski definition) is 1. The first-order valence-electron chi connectivity index (χ1n) is 21.3. The number of benzene rings is 8. The highest BCUT2D eigenvalue weighted by Gasteiger charge is 2.31. The van der Waals surface area contributed by atoms with Crippen LogP contribution >= 0.6 is 11.3 Å². The van der Waals surface area contributed by atoms with Gasteiger partial charge in [0.2, 0.25) is 0 Å². The molecule has 1 nitrogen and oxygen atoms in total. The van der Waals surface area contributed by atoms with E-state index in [-0.39, 0.29) is 0 Å². The summed E-state index contributed by atoms with van der Waals surface area (Å²) in [4.78, 5) is 0. The number of fused-ring (bicyclic) bond motifs is 16. The molecule has 1 aliphatic heterocycles. The molecule has 0 amide bonds. The van der Waals surface area contributed by atoms with E-state index in [4.69, 9.17) is 0 Å². The topological polar surface area (TPSA) is 4.93 Å². The zero-order valence-electron chi connectivity index (χ0n) is 32.8. The second-order valence-electron chi connectivity index (χ2n) is 17.0. The van der Waals surface area contributed by atoms with E-state index in [0.29, 0.717) is 5.92 Å². The molecule has 0 radical (unpaired) electrons. The zero-order valence-corrected chi connectivity index (χ0v) is 33.7. The standard InChI is InChI=1S/C57H41NS/c1-2-11-37(12-3-1)43-19-10-16-36(40-24-28-55-50(33-40)46-18-8-9-20-54(46)59-55)22-26-47-48(43)29-35-21-25-45-49-32-38-13-4-5-14-39(38)34-53(49)58(52(45)30-35)51-27-23-42-31-41-15-6-7-17-44(41)56(42)57(47)51/h1-9,11-15,17-18,20-21,23-28,30,32-34,36H,10,16,19,22,29,31H2/b47-26?,48-43+. The van der Waals surface area contributed by atoms with Crippen LogP contribution in [0.25, 0.3) is 80.7 Å². The molecule has 0 N–H and O–H groups in total. The van der Waals surface area contributed by atoms with Crippen LogP contribution in [0.3, 0.4) is 0 Å². The summed E-state index contributed by atoms with van der Waals surface area (Å²) < 4.78 is 5.38. The highest BCUT2D eigenvalue weighted by molar-refractivity contribution is 7.25. The largest absolute Gasteiger partial charge is 0.309 e. The summed E-state index contributed by atoms with van der Waals surface area (Å²) in [7, 11) is 0. The molecule has 280 valence electrons. The van der Waals surface area contributed by atoms with Crippen molar-refractivity contribution in [3.8, 4) is 16.8 Å². The van der Waals surface area contributed by atoms with Crippen molar-refractivity contribution in [3.63, 3.8) is 0 Å². The van der Waals surface area contributed by atoms with Crippen molar-refractivity contribution in [2.75, 3.05) is 0 Å². The molecule has 2 heteroatoms. The molecule has 2 aromatic heterocycles. The number of hydrogen-bond donors (Lipinski definition) is 0. The Balaban J connectivity index is 1.12. The zero-order chi connectivity index (χ0) is 38.6. The number of nitrogens with zero attached hydrogens (tertiary/aromatic N) is 1. The van der Waals surface area contributed by atoms with Gasteiger partial charge in [-0.2, -0.15) is 0 Å². The van der Waals surface area contributed by atoms with E-state index in [1.807, 2.05) is 11.3 Å². The Kier molecular flexibility index (Phi) is 7.39. The lowest BCUT2D eigenvalue weighted by Gasteiger charge is -2.24. The van der Waals surface area contributed by atoms with E-state index in [0.717, 1.165) is 38.5 Å². The van der Waals surface area contributed by atoms with Crippen LogP contribution in [0.15, 0.2) is 175 Å². The quantitative estimate of drug-likeness (QED) is 0.165. The van der Waals surface area contributed by atoms with Gasteiger partial charge in [-0.3, -0.25) is 0 Å².